The lowest BCUT2D eigenvalue weighted by atomic mass is 10.1. The van der Waals surface area contributed by atoms with Crippen molar-refractivity contribution in [2.45, 2.75) is 0 Å². The molecule has 0 saturated heterocycles. The summed E-state index contributed by atoms with van der Waals surface area (Å²) in [7, 11) is 1.49. The number of benzene rings is 2. The average molecular weight is 375 g/mol. The van der Waals surface area contributed by atoms with Gasteiger partial charge in [-0.1, -0.05) is 51.4 Å². The van der Waals surface area contributed by atoms with Crippen molar-refractivity contribution in [2.24, 2.45) is 0 Å². The van der Waals surface area contributed by atoms with Crippen LogP contribution in [0, 0.1) is 5.82 Å². The molecule has 23 heavy (non-hydrogen) atoms. The van der Waals surface area contributed by atoms with Gasteiger partial charge in [-0.3, -0.25) is 4.79 Å². The van der Waals surface area contributed by atoms with E-state index in [1.807, 2.05) is 30.3 Å². The lowest BCUT2D eigenvalue weighted by molar-refractivity contribution is 0.0957. The van der Waals surface area contributed by atoms with Gasteiger partial charge in [-0.15, -0.1) is 0 Å². The van der Waals surface area contributed by atoms with E-state index in [9.17, 15) is 9.18 Å². The second kappa shape index (κ2) is 6.34. The summed E-state index contributed by atoms with van der Waals surface area (Å²) in [5, 5.41) is 3.90. The van der Waals surface area contributed by atoms with Crippen LogP contribution < -0.4 is 4.90 Å². The molecule has 3 aromatic rings. The van der Waals surface area contributed by atoms with Crippen LogP contribution in [0.1, 0.15) is 10.6 Å². The molecule has 6 heteroatoms. The van der Waals surface area contributed by atoms with Crippen LogP contribution in [-0.4, -0.2) is 18.1 Å². The number of hydrogen-bond acceptors (Lipinski definition) is 3. The van der Waals surface area contributed by atoms with Gasteiger partial charge in [0.05, 0.1) is 5.69 Å². The average Bonchev–Trinajstić information content (AvgIpc) is 3.04. The van der Waals surface area contributed by atoms with E-state index in [0.29, 0.717) is 10.2 Å². The van der Waals surface area contributed by atoms with Crippen LogP contribution in [0.25, 0.3) is 11.3 Å². The number of anilines is 1. The summed E-state index contributed by atoms with van der Waals surface area (Å²) < 4.78 is 19.7. The lowest BCUT2D eigenvalue weighted by Crippen LogP contribution is -2.26. The van der Waals surface area contributed by atoms with Gasteiger partial charge in [0, 0.05) is 23.2 Å². The van der Waals surface area contributed by atoms with E-state index in [2.05, 4.69) is 21.1 Å². The first-order valence-electron chi connectivity index (χ1n) is 6.81. The molecule has 0 aliphatic heterocycles. The van der Waals surface area contributed by atoms with Crippen molar-refractivity contribution in [1.82, 2.24) is 5.16 Å². The van der Waals surface area contributed by atoms with Crippen LogP contribution in [-0.2, 0) is 0 Å². The fraction of sp³-hybridized carbons (Fsp3) is 0.0588. The Labute approximate surface area is 140 Å². The molecule has 0 spiro atoms. The second-order valence-corrected chi connectivity index (χ2v) is 5.82. The van der Waals surface area contributed by atoms with Crippen LogP contribution in [0.5, 0.6) is 0 Å². The van der Waals surface area contributed by atoms with E-state index in [-0.39, 0.29) is 11.4 Å². The zero-order chi connectivity index (χ0) is 16.4. The third-order valence-corrected chi connectivity index (χ3v) is 3.86. The van der Waals surface area contributed by atoms with E-state index in [4.69, 9.17) is 4.52 Å². The molecule has 1 aromatic heterocycles. The number of rotatable bonds is 3. The van der Waals surface area contributed by atoms with Crippen molar-refractivity contribution in [2.75, 3.05) is 11.9 Å². The Hall–Kier alpha value is -2.47. The predicted molar refractivity (Wildman–Crippen MR) is 88.8 cm³/mol. The van der Waals surface area contributed by atoms with Crippen LogP contribution in [0.2, 0.25) is 0 Å². The Morgan fingerprint density at radius 2 is 1.91 bits per heavy atom. The van der Waals surface area contributed by atoms with Gasteiger partial charge in [-0.25, -0.2) is 4.39 Å². The summed E-state index contributed by atoms with van der Waals surface area (Å²) in [5.74, 6) is -0.924. The predicted octanol–water partition coefficient (Wildman–Crippen LogP) is 4.52. The molecule has 0 saturated carbocycles. The van der Waals surface area contributed by atoms with Crippen LogP contribution >= 0.6 is 15.9 Å². The quantitative estimate of drug-likeness (QED) is 0.676. The molecule has 2 aromatic carbocycles. The summed E-state index contributed by atoms with van der Waals surface area (Å²) in [4.78, 5) is 13.6. The topological polar surface area (TPSA) is 46.3 Å². The molecule has 0 unspecified atom stereocenters. The minimum atomic E-state index is -0.502. The number of nitrogens with zero attached hydrogens (tertiary/aromatic N) is 2. The molecule has 1 amide bonds. The summed E-state index contributed by atoms with van der Waals surface area (Å²) in [6.45, 7) is 0. The molecule has 0 N–H and O–H groups in total. The van der Waals surface area contributed by atoms with Gasteiger partial charge >= 0.3 is 0 Å². The molecule has 4 nitrogen and oxygen atoms in total. The minimum Gasteiger partial charge on any atom is -0.350 e. The molecule has 0 radical (unpaired) electrons. The standard InChI is InChI=1S/C17H12BrFN2O2/c1-21(15-8-7-12(18)9-13(15)19)17(22)16-10-14(20-23-16)11-5-3-2-4-6-11/h2-10H,1H3. The summed E-state index contributed by atoms with van der Waals surface area (Å²) in [6.07, 6.45) is 0. The summed E-state index contributed by atoms with van der Waals surface area (Å²) in [5.41, 5.74) is 1.56. The summed E-state index contributed by atoms with van der Waals surface area (Å²) >= 11 is 3.18. The lowest BCUT2D eigenvalue weighted by Gasteiger charge is -2.16. The molecular formula is C17H12BrFN2O2. The molecular weight excluding hydrogens is 363 g/mol. The minimum absolute atomic E-state index is 0.0497. The fourth-order valence-corrected chi connectivity index (χ4v) is 2.48. The molecule has 0 aliphatic rings. The van der Waals surface area contributed by atoms with Crippen molar-refractivity contribution in [1.29, 1.82) is 0 Å². The monoisotopic (exact) mass is 374 g/mol. The normalized spacial score (nSPS) is 10.6. The first-order chi connectivity index (χ1) is 11.1. The number of carbonyl (C=O) groups is 1. The third kappa shape index (κ3) is 3.17. The first-order valence-corrected chi connectivity index (χ1v) is 7.61. The van der Waals surface area contributed by atoms with Gasteiger partial charge < -0.3 is 9.42 Å². The Balaban J connectivity index is 1.87. The highest BCUT2D eigenvalue weighted by Gasteiger charge is 2.21. The Bertz CT molecular complexity index is 849. The maximum Gasteiger partial charge on any atom is 0.296 e. The molecule has 0 bridgehead atoms. The van der Waals surface area contributed by atoms with E-state index in [1.54, 1.807) is 12.1 Å². The highest BCUT2D eigenvalue weighted by Crippen LogP contribution is 2.25. The molecule has 1 heterocycles. The van der Waals surface area contributed by atoms with Gasteiger partial charge in [0.15, 0.2) is 0 Å². The van der Waals surface area contributed by atoms with Crippen molar-refractivity contribution in [3.05, 3.63) is 70.6 Å². The van der Waals surface area contributed by atoms with Crippen molar-refractivity contribution in [3.8, 4) is 11.3 Å². The van der Waals surface area contributed by atoms with Crippen molar-refractivity contribution < 1.29 is 13.7 Å². The number of hydrogen-bond donors (Lipinski definition) is 0. The maximum absolute atomic E-state index is 14.0. The van der Waals surface area contributed by atoms with E-state index in [0.717, 1.165) is 5.56 Å². The maximum atomic E-state index is 14.0. The third-order valence-electron chi connectivity index (χ3n) is 3.37. The molecule has 0 fully saturated rings. The Morgan fingerprint density at radius 1 is 1.17 bits per heavy atom. The molecule has 3 rings (SSSR count). The van der Waals surface area contributed by atoms with Gasteiger partial charge in [-0.05, 0) is 18.2 Å². The van der Waals surface area contributed by atoms with E-state index < -0.39 is 11.7 Å². The van der Waals surface area contributed by atoms with Gasteiger partial charge in [0.2, 0.25) is 5.76 Å². The smallest absolute Gasteiger partial charge is 0.296 e. The van der Waals surface area contributed by atoms with Crippen molar-refractivity contribution in [3.63, 3.8) is 0 Å². The molecule has 116 valence electrons. The van der Waals surface area contributed by atoms with Gasteiger partial charge in [0.1, 0.15) is 11.5 Å². The first kappa shape index (κ1) is 15.4. The zero-order valence-electron chi connectivity index (χ0n) is 12.2. The number of halogens is 2. The Kier molecular flexibility index (Phi) is 4.25. The number of aromatic nitrogens is 1. The fourth-order valence-electron chi connectivity index (χ4n) is 2.15. The van der Waals surface area contributed by atoms with E-state index >= 15 is 0 Å². The van der Waals surface area contributed by atoms with Gasteiger partial charge in [0.25, 0.3) is 5.91 Å². The second-order valence-electron chi connectivity index (χ2n) is 4.90. The molecule has 0 atom stereocenters. The SMILES string of the molecule is CN(C(=O)c1cc(-c2ccccc2)no1)c1ccc(Br)cc1F. The van der Waals surface area contributed by atoms with Crippen LogP contribution in [0.3, 0.4) is 0 Å². The zero-order valence-corrected chi connectivity index (χ0v) is 13.7. The number of amides is 1. The van der Waals surface area contributed by atoms with Crippen LogP contribution in [0.4, 0.5) is 10.1 Å². The largest absolute Gasteiger partial charge is 0.350 e. The van der Waals surface area contributed by atoms with Crippen molar-refractivity contribution >= 4 is 27.5 Å². The van der Waals surface area contributed by atoms with Crippen LogP contribution in [0.15, 0.2) is 63.6 Å². The van der Waals surface area contributed by atoms with Gasteiger partial charge in [-0.2, -0.15) is 0 Å². The molecule has 0 aliphatic carbocycles. The van der Waals surface area contributed by atoms with E-state index in [1.165, 1.54) is 24.1 Å². The highest BCUT2D eigenvalue weighted by molar-refractivity contribution is 9.10. The summed E-state index contributed by atoms with van der Waals surface area (Å²) in [6, 6.07) is 15.4. The number of carbonyl (C=O) groups excluding carboxylic acids is 1. The Morgan fingerprint density at radius 3 is 2.61 bits per heavy atom. The highest BCUT2D eigenvalue weighted by atomic mass is 79.9.